The van der Waals surface area contributed by atoms with Crippen molar-refractivity contribution in [1.29, 1.82) is 0 Å². The average molecular weight is 369 g/mol. The first-order chi connectivity index (χ1) is 11.6. The zero-order valence-electron chi connectivity index (χ0n) is 14.6. The van der Waals surface area contributed by atoms with Crippen molar-refractivity contribution < 1.29 is 18.1 Å². The molecule has 25 heavy (non-hydrogen) atoms. The Labute approximate surface area is 147 Å². The van der Waals surface area contributed by atoms with Crippen LogP contribution in [0, 0.1) is 16.0 Å². The van der Waals surface area contributed by atoms with Crippen LogP contribution in [0.2, 0.25) is 0 Å². The maximum absolute atomic E-state index is 12.1. The van der Waals surface area contributed by atoms with Crippen LogP contribution >= 0.6 is 0 Å². The second kappa shape index (κ2) is 7.38. The van der Waals surface area contributed by atoms with Gasteiger partial charge in [-0.15, -0.1) is 0 Å². The molecular formula is C16H23N3O5S. The Hall–Kier alpha value is -2.16. The Morgan fingerprint density at radius 2 is 1.92 bits per heavy atom. The summed E-state index contributed by atoms with van der Waals surface area (Å²) in [7, 11) is -3.61. The number of nitro groups is 1. The highest BCUT2D eigenvalue weighted by Crippen LogP contribution is 2.32. The molecule has 8 nitrogen and oxygen atoms in total. The third-order valence-corrected chi connectivity index (χ3v) is 5.32. The first-order valence-corrected chi connectivity index (χ1v) is 10.0. The number of carbonyl (C=O) groups excluding carboxylic acids is 1. The lowest BCUT2D eigenvalue weighted by Crippen LogP contribution is -2.42. The van der Waals surface area contributed by atoms with Gasteiger partial charge in [0.05, 0.1) is 15.5 Å². The number of amides is 1. The summed E-state index contributed by atoms with van der Waals surface area (Å²) in [6, 6.07) is 3.96. The van der Waals surface area contributed by atoms with Crippen molar-refractivity contribution in [2.75, 3.05) is 24.2 Å². The molecule has 1 aromatic carbocycles. The molecule has 0 atom stereocenters. The number of nitrogens with zero attached hydrogens (tertiary/aromatic N) is 2. The monoisotopic (exact) mass is 369 g/mol. The highest BCUT2D eigenvalue weighted by Gasteiger charge is 2.28. The van der Waals surface area contributed by atoms with E-state index in [2.05, 4.69) is 5.32 Å². The van der Waals surface area contributed by atoms with Gasteiger partial charge < -0.3 is 10.2 Å². The minimum atomic E-state index is -3.61. The maximum Gasteiger partial charge on any atom is 0.270 e. The molecule has 0 bridgehead atoms. The molecule has 2 rings (SSSR count). The van der Waals surface area contributed by atoms with E-state index in [1.165, 1.54) is 12.1 Å². The molecule has 138 valence electrons. The van der Waals surface area contributed by atoms with Gasteiger partial charge in [-0.2, -0.15) is 0 Å². The second-order valence-electron chi connectivity index (χ2n) is 6.61. The molecule has 0 aliphatic carbocycles. The van der Waals surface area contributed by atoms with Gasteiger partial charge in [0.25, 0.3) is 5.69 Å². The fourth-order valence-corrected chi connectivity index (χ4v) is 3.87. The normalized spacial score (nSPS) is 16.1. The molecule has 1 aliphatic rings. The topological polar surface area (TPSA) is 110 Å². The number of nitrogens with one attached hydrogen (secondary N) is 1. The highest BCUT2D eigenvalue weighted by atomic mass is 32.2. The first kappa shape index (κ1) is 19.2. The van der Waals surface area contributed by atoms with Crippen molar-refractivity contribution in [3.8, 4) is 0 Å². The van der Waals surface area contributed by atoms with Gasteiger partial charge in [-0.1, -0.05) is 0 Å². The Morgan fingerprint density at radius 1 is 1.32 bits per heavy atom. The molecule has 0 aromatic heterocycles. The number of rotatable bonds is 5. The van der Waals surface area contributed by atoms with Gasteiger partial charge in [-0.05, 0) is 32.8 Å². The van der Waals surface area contributed by atoms with E-state index in [9.17, 15) is 23.3 Å². The van der Waals surface area contributed by atoms with Crippen LogP contribution < -0.4 is 10.2 Å². The molecule has 0 radical (unpaired) electrons. The van der Waals surface area contributed by atoms with Crippen molar-refractivity contribution in [2.24, 2.45) is 5.92 Å². The third kappa shape index (κ3) is 4.68. The van der Waals surface area contributed by atoms with E-state index in [0.717, 1.165) is 12.3 Å². The number of benzene rings is 1. The van der Waals surface area contributed by atoms with Crippen molar-refractivity contribution >= 4 is 27.1 Å². The largest absolute Gasteiger partial charge is 0.370 e. The summed E-state index contributed by atoms with van der Waals surface area (Å²) in [6.45, 7) is 4.86. The van der Waals surface area contributed by atoms with Gasteiger partial charge in [0.1, 0.15) is 0 Å². The van der Waals surface area contributed by atoms with Crippen LogP contribution in [0.1, 0.15) is 26.7 Å². The number of nitro benzene ring substituents is 1. The first-order valence-electron chi connectivity index (χ1n) is 8.13. The van der Waals surface area contributed by atoms with Crippen molar-refractivity contribution in [1.82, 2.24) is 5.32 Å². The third-order valence-electron chi connectivity index (χ3n) is 4.19. The Kier molecular flexibility index (Phi) is 5.66. The Bertz CT molecular complexity index is 768. The van der Waals surface area contributed by atoms with Crippen LogP contribution in [-0.4, -0.2) is 44.6 Å². The number of non-ortho nitro benzene ring substituents is 1. The quantitative estimate of drug-likeness (QED) is 0.625. The van der Waals surface area contributed by atoms with E-state index in [1.54, 1.807) is 0 Å². The van der Waals surface area contributed by atoms with Crippen LogP contribution in [0.5, 0.6) is 0 Å². The van der Waals surface area contributed by atoms with E-state index in [0.29, 0.717) is 31.6 Å². The number of carbonyl (C=O) groups is 1. The van der Waals surface area contributed by atoms with Gasteiger partial charge in [0.2, 0.25) is 5.91 Å². The number of anilines is 1. The summed E-state index contributed by atoms with van der Waals surface area (Å²) in [6.07, 6.45) is 2.26. The Morgan fingerprint density at radius 3 is 2.40 bits per heavy atom. The van der Waals surface area contributed by atoms with Crippen molar-refractivity contribution in [3.63, 3.8) is 0 Å². The zero-order valence-corrected chi connectivity index (χ0v) is 15.4. The number of piperidine rings is 1. The lowest BCUT2D eigenvalue weighted by molar-refractivity contribution is -0.385. The predicted octanol–water partition coefficient (Wildman–Crippen LogP) is 1.74. The average Bonchev–Trinajstić information content (AvgIpc) is 2.53. The number of hydrogen-bond donors (Lipinski definition) is 1. The molecule has 0 saturated carbocycles. The van der Waals surface area contributed by atoms with E-state index in [1.807, 2.05) is 18.7 Å². The van der Waals surface area contributed by atoms with Gasteiger partial charge in [0.15, 0.2) is 9.84 Å². The molecule has 1 aliphatic heterocycles. The molecular weight excluding hydrogens is 346 g/mol. The molecule has 1 fully saturated rings. The fourth-order valence-electron chi connectivity index (χ4n) is 2.96. The van der Waals surface area contributed by atoms with Crippen LogP contribution in [0.15, 0.2) is 23.1 Å². The molecule has 1 N–H and O–H groups in total. The predicted molar refractivity (Wildman–Crippen MR) is 94.4 cm³/mol. The summed E-state index contributed by atoms with van der Waals surface area (Å²) in [5, 5.41) is 13.8. The van der Waals surface area contributed by atoms with Crippen LogP contribution in [0.25, 0.3) is 0 Å². The molecule has 1 saturated heterocycles. The smallest absolute Gasteiger partial charge is 0.270 e. The van der Waals surface area contributed by atoms with Crippen LogP contribution in [-0.2, 0) is 14.6 Å². The second-order valence-corrected chi connectivity index (χ2v) is 8.59. The van der Waals surface area contributed by atoms with Crippen molar-refractivity contribution in [3.05, 3.63) is 28.3 Å². The maximum atomic E-state index is 12.1. The van der Waals surface area contributed by atoms with E-state index in [-0.39, 0.29) is 28.4 Å². The number of hydrogen-bond acceptors (Lipinski definition) is 6. The minimum absolute atomic E-state index is 0.0155. The zero-order chi connectivity index (χ0) is 18.8. The highest BCUT2D eigenvalue weighted by molar-refractivity contribution is 7.90. The fraction of sp³-hybridized carbons (Fsp3) is 0.562. The van der Waals surface area contributed by atoms with Gasteiger partial charge in [-0.3, -0.25) is 14.9 Å². The van der Waals surface area contributed by atoms with E-state index in [4.69, 9.17) is 0 Å². The molecule has 9 heteroatoms. The summed E-state index contributed by atoms with van der Waals surface area (Å²) in [5.41, 5.74) is 0.200. The van der Waals surface area contributed by atoms with Crippen molar-refractivity contribution in [2.45, 2.75) is 37.6 Å². The summed E-state index contributed by atoms with van der Waals surface area (Å²) in [4.78, 5) is 24.2. The summed E-state index contributed by atoms with van der Waals surface area (Å²) >= 11 is 0. The van der Waals surface area contributed by atoms with Crippen LogP contribution in [0.4, 0.5) is 11.4 Å². The standard InChI is InChI=1S/C16H23N3O5S/c1-11(2)17-16(20)12-6-8-18(9-7-12)14-5-4-13(19(21)22)10-15(14)25(3,23)24/h4-5,10-12H,6-9H2,1-3H3,(H,17,20). The molecule has 1 heterocycles. The Balaban J connectivity index is 2.21. The number of sulfone groups is 1. The van der Waals surface area contributed by atoms with Gasteiger partial charge >= 0.3 is 0 Å². The van der Waals surface area contributed by atoms with E-state index < -0.39 is 14.8 Å². The van der Waals surface area contributed by atoms with Gasteiger partial charge in [0, 0.05) is 43.4 Å². The summed E-state index contributed by atoms with van der Waals surface area (Å²) in [5.74, 6) is -0.0833. The molecule has 1 amide bonds. The lowest BCUT2D eigenvalue weighted by atomic mass is 9.95. The van der Waals surface area contributed by atoms with Crippen LogP contribution in [0.3, 0.4) is 0 Å². The van der Waals surface area contributed by atoms with E-state index >= 15 is 0 Å². The summed E-state index contributed by atoms with van der Waals surface area (Å²) < 4.78 is 24.1. The lowest BCUT2D eigenvalue weighted by Gasteiger charge is -2.34. The SMILES string of the molecule is CC(C)NC(=O)C1CCN(c2ccc([N+](=O)[O-])cc2S(C)(=O)=O)CC1. The molecule has 1 aromatic rings. The molecule has 0 unspecified atom stereocenters. The minimum Gasteiger partial charge on any atom is -0.370 e. The van der Waals surface area contributed by atoms with Gasteiger partial charge in [-0.25, -0.2) is 8.42 Å². The molecule has 0 spiro atoms.